The van der Waals surface area contributed by atoms with Crippen molar-refractivity contribution in [3.05, 3.63) is 46.0 Å². The highest BCUT2D eigenvalue weighted by Crippen LogP contribution is 2.30. The van der Waals surface area contributed by atoms with Gasteiger partial charge in [0, 0.05) is 30.3 Å². The zero-order chi connectivity index (χ0) is 18.3. The molecule has 1 amide bonds. The van der Waals surface area contributed by atoms with Crippen molar-refractivity contribution in [3.8, 4) is 0 Å². The van der Waals surface area contributed by atoms with Gasteiger partial charge in [-0.1, -0.05) is 37.8 Å². The Morgan fingerprint density at radius 3 is 2.56 bits per heavy atom. The normalized spacial score (nSPS) is 17.4. The fourth-order valence-electron chi connectivity index (χ4n) is 3.39. The summed E-state index contributed by atoms with van der Waals surface area (Å²) in [5.41, 5.74) is 0.680. The number of amides is 1. The molecule has 1 aromatic rings. The maximum Gasteiger partial charge on any atom is 0.270 e. The molecule has 136 valence electrons. The summed E-state index contributed by atoms with van der Waals surface area (Å²) in [5.74, 6) is -0.169. The zero-order valence-electron chi connectivity index (χ0n) is 15.0. The number of likely N-dealkylation sites (N-methyl/N-ethyl adjacent to an activating group) is 1. The van der Waals surface area contributed by atoms with Gasteiger partial charge in [-0.25, -0.2) is 0 Å². The summed E-state index contributed by atoms with van der Waals surface area (Å²) in [4.78, 5) is 24.8. The van der Waals surface area contributed by atoms with Gasteiger partial charge in [0.2, 0.25) is 5.91 Å². The van der Waals surface area contributed by atoms with Gasteiger partial charge in [-0.3, -0.25) is 14.9 Å². The minimum Gasteiger partial charge on any atom is -0.351 e. The molecule has 1 aliphatic carbocycles. The van der Waals surface area contributed by atoms with Gasteiger partial charge in [0.05, 0.1) is 4.92 Å². The Morgan fingerprint density at radius 2 is 1.96 bits per heavy atom. The third-order valence-corrected chi connectivity index (χ3v) is 5.08. The molecule has 1 N–H and O–H groups in total. The van der Waals surface area contributed by atoms with Crippen molar-refractivity contribution >= 4 is 17.7 Å². The van der Waals surface area contributed by atoms with Gasteiger partial charge in [0.1, 0.15) is 0 Å². The number of nitrogens with one attached hydrogen (secondary N) is 1. The number of nitrogens with zero attached hydrogens (tertiary/aromatic N) is 2. The largest absolute Gasteiger partial charge is 0.351 e. The molecule has 1 saturated carbocycles. The van der Waals surface area contributed by atoms with Gasteiger partial charge in [0.25, 0.3) is 5.69 Å². The van der Waals surface area contributed by atoms with E-state index in [1.807, 2.05) is 0 Å². The van der Waals surface area contributed by atoms with E-state index in [-0.39, 0.29) is 17.1 Å². The van der Waals surface area contributed by atoms with Crippen molar-refractivity contribution in [2.24, 2.45) is 0 Å². The van der Waals surface area contributed by atoms with E-state index in [4.69, 9.17) is 0 Å². The van der Waals surface area contributed by atoms with Gasteiger partial charge in [-0.05, 0) is 38.6 Å². The molecule has 1 aromatic carbocycles. The van der Waals surface area contributed by atoms with E-state index in [1.165, 1.54) is 43.9 Å². The maximum atomic E-state index is 12.2. The molecule has 0 aliphatic heterocycles. The summed E-state index contributed by atoms with van der Waals surface area (Å²) in [6.07, 6.45) is 10.1. The van der Waals surface area contributed by atoms with Crippen molar-refractivity contribution in [2.45, 2.75) is 44.1 Å². The van der Waals surface area contributed by atoms with Crippen LogP contribution >= 0.6 is 0 Å². The number of non-ortho nitro benzene ring substituents is 1. The van der Waals surface area contributed by atoms with Gasteiger partial charge in [0.15, 0.2) is 0 Å². The second-order valence-electron chi connectivity index (χ2n) is 6.94. The first kappa shape index (κ1) is 19.1. The van der Waals surface area contributed by atoms with Crippen LogP contribution in [0.15, 0.2) is 30.3 Å². The van der Waals surface area contributed by atoms with E-state index in [0.717, 1.165) is 12.8 Å². The first-order chi connectivity index (χ1) is 11.9. The monoisotopic (exact) mass is 345 g/mol. The van der Waals surface area contributed by atoms with Crippen LogP contribution in [-0.2, 0) is 4.79 Å². The Kier molecular flexibility index (Phi) is 6.70. The van der Waals surface area contributed by atoms with E-state index in [0.29, 0.717) is 12.1 Å². The second kappa shape index (κ2) is 8.76. The summed E-state index contributed by atoms with van der Waals surface area (Å²) in [5, 5.41) is 13.8. The molecular formula is C19H27N3O3. The Labute approximate surface area is 149 Å². The maximum absolute atomic E-state index is 12.2. The van der Waals surface area contributed by atoms with Gasteiger partial charge in [-0.2, -0.15) is 0 Å². The van der Waals surface area contributed by atoms with Crippen molar-refractivity contribution in [1.29, 1.82) is 0 Å². The highest BCUT2D eigenvalue weighted by atomic mass is 16.6. The lowest BCUT2D eigenvalue weighted by Crippen LogP contribution is -2.52. The lowest BCUT2D eigenvalue weighted by atomic mass is 9.88. The molecule has 0 atom stereocenters. The third-order valence-electron chi connectivity index (χ3n) is 5.08. The lowest BCUT2D eigenvalue weighted by molar-refractivity contribution is -0.384. The zero-order valence-corrected chi connectivity index (χ0v) is 15.0. The molecule has 1 fully saturated rings. The van der Waals surface area contributed by atoms with Crippen molar-refractivity contribution in [1.82, 2.24) is 10.2 Å². The molecule has 0 aromatic heterocycles. The average molecular weight is 345 g/mol. The highest BCUT2D eigenvalue weighted by Gasteiger charge is 2.33. The molecule has 0 radical (unpaired) electrons. The molecule has 6 heteroatoms. The topological polar surface area (TPSA) is 75.5 Å². The predicted molar refractivity (Wildman–Crippen MR) is 99.3 cm³/mol. The van der Waals surface area contributed by atoms with Crippen LogP contribution in [0.25, 0.3) is 6.08 Å². The van der Waals surface area contributed by atoms with Crippen LogP contribution in [0.3, 0.4) is 0 Å². The van der Waals surface area contributed by atoms with Crippen LogP contribution in [0.4, 0.5) is 5.69 Å². The van der Waals surface area contributed by atoms with Gasteiger partial charge < -0.3 is 10.2 Å². The lowest BCUT2D eigenvalue weighted by Gasteiger charge is -2.39. The molecule has 0 saturated heterocycles. The van der Waals surface area contributed by atoms with Crippen molar-refractivity contribution in [3.63, 3.8) is 0 Å². The number of carbonyl (C=O) groups excluding carboxylic acids is 1. The first-order valence-corrected chi connectivity index (χ1v) is 8.81. The van der Waals surface area contributed by atoms with E-state index in [9.17, 15) is 14.9 Å². The smallest absolute Gasteiger partial charge is 0.270 e. The summed E-state index contributed by atoms with van der Waals surface area (Å²) in [6.45, 7) is 0.623. The summed E-state index contributed by atoms with van der Waals surface area (Å²) < 4.78 is 0. The number of hydrogen-bond donors (Lipinski definition) is 1. The Hall–Kier alpha value is -2.21. The number of carbonyl (C=O) groups is 1. The fraction of sp³-hybridized carbons (Fsp3) is 0.526. The molecule has 0 heterocycles. The highest BCUT2D eigenvalue weighted by molar-refractivity contribution is 5.91. The minimum atomic E-state index is -0.440. The molecular weight excluding hydrogens is 318 g/mol. The second-order valence-corrected chi connectivity index (χ2v) is 6.94. The Bertz CT molecular complexity index is 633. The van der Waals surface area contributed by atoms with Crippen molar-refractivity contribution in [2.75, 3.05) is 20.6 Å². The number of nitro groups is 1. The van der Waals surface area contributed by atoms with Gasteiger partial charge >= 0.3 is 0 Å². The molecule has 2 rings (SSSR count). The summed E-state index contributed by atoms with van der Waals surface area (Å²) in [6, 6.07) is 6.24. The first-order valence-electron chi connectivity index (χ1n) is 8.81. The number of rotatable bonds is 6. The van der Waals surface area contributed by atoms with Crippen LogP contribution in [0.1, 0.15) is 44.1 Å². The van der Waals surface area contributed by atoms with Crippen LogP contribution in [0.5, 0.6) is 0 Å². The molecule has 0 spiro atoms. The van der Waals surface area contributed by atoms with E-state index in [1.54, 1.807) is 18.2 Å². The molecule has 0 bridgehead atoms. The predicted octanol–water partition coefficient (Wildman–Crippen LogP) is 3.38. The van der Waals surface area contributed by atoms with E-state index < -0.39 is 4.92 Å². The molecule has 0 unspecified atom stereocenters. The average Bonchev–Trinajstić information content (AvgIpc) is 2.85. The number of nitro benzene ring substituents is 1. The number of benzene rings is 1. The Morgan fingerprint density at radius 1 is 1.28 bits per heavy atom. The van der Waals surface area contributed by atoms with Crippen molar-refractivity contribution < 1.29 is 9.72 Å². The summed E-state index contributed by atoms with van der Waals surface area (Å²) in [7, 11) is 4.16. The quantitative estimate of drug-likeness (QED) is 0.371. The minimum absolute atomic E-state index is 0.0194. The fourth-order valence-corrected chi connectivity index (χ4v) is 3.39. The van der Waals surface area contributed by atoms with E-state index >= 15 is 0 Å². The standard InChI is InChI=1S/C19H27N3O3/c1-21(2)19(12-5-3-4-6-13-19)15-20-18(23)11-10-16-8-7-9-17(14-16)22(24)25/h7-11,14H,3-6,12-13,15H2,1-2H3,(H,20,23)/b11-10+. The van der Waals surface area contributed by atoms with Crippen LogP contribution in [0, 0.1) is 10.1 Å². The molecule has 6 nitrogen and oxygen atoms in total. The molecule has 1 aliphatic rings. The van der Waals surface area contributed by atoms with Crippen LogP contribution in [-0.4, -0.2) is 41.9 Å². The number of hydrogen-bond acceptors (Lipinski definition) is 4. The van der Waals surface area contributed by atoms with E-state index in [2.05, 4.69) is 24.3 Å². The van der Waals surface area contributed by atoms with Gasteiger partial charge in [-0.15, -0.1) is 0 Å². The third kappa shape index (κ3) is 5.39. The van der Waals surface area contributed by atoms with Crippen LogP contribution < -0.4 is 5.32 Å². The summed E-state index contributed by atoms with van der Waals surface area (Å²) >= 11 is 0. The Balaban J connectivity index is 1.97. The SMILES string of the molecule is CN(C)C1(CNC(=O)/C=C/c2cccc([N+](=O)[O-])c2)CCCCCC1. The van der Waals surface area contributed by atoms with Crippen LogP contribution in [0.2, 0.25) is 0 Å². The molecule has 25 heavy (non-hydrogen) atoms.